The summed E-state index contributed by atoms with van der Waals surface area (Å²) in [6, 6.07) is 4.46. The van der Waals surface area contributed by atoms with Crippen molar-refractivity contribution in [3.05, 3.63) is 33.9 Å². The molecule has 2 atom stereocenters. The molecule has 0 saturated carbocycles. The molecule has 1 aromatic carbocycles. The zero-order chi connectivity index (χ0) is 25.0. The smallest absolute Gasteiger partial charge is 0.411 e. The first-order valence-corrected chi connectivity index (χ1v) is 10.5. The summed E-state index contributed by atoms with van der Waals surface area (Å²) in [5, 5.41) is 11.7. The Hall–Kier alpha value is -3.37. The zero-order valence-electron chi connectivity index (χ0n) is 19.7. The molecule has 1 aromatic rings. The first-order chi connectivity index (χ1) is 15.4. The highest BCUT2D eigenvalue weighted by atomic mass is 16.6. The fraction of sp³-hybridized carbons (Fsp3) is 0.591. The van der Waals surface area contributed by atoms with Gasteiger partial charge in [-0.25, -0.2) is 9.59 Å². The van der Waals surface area contributed by atoms with Crippen LogP contribution in [0.25, 0.3) is 0 Å². The molecular formula is C22H30N2O9. The molecule has 0 spiro atoms. The van der Waals surface area contributed by atoms with Crippen molar-refractivity contribution in [2.24, 2.45) is 0 Å². The molecule has 1 aliphatic rings. The minimum absolute atomic E-state index is 0.0901. The van der Waals surface area contributed by atoms with Crippen molar-refractivity contribution < 1.29 is 38.3 Å². The number of rotatable bonds is 8. The molecule has 1 heterocycles. The van der Waals surface area contributed by atoms with Gasteiger partial charge in [-0.1, -0.05) is 6.07 Å². The lowest BCUT2D eigenvalue weighted by atomic mass is 9.76. The first-order valence-electron chi connectivity index (χ1n) is 10.5. The summed E-state index contributed by atoms with van der Waals surface area (Å²) < 4.78 is 21.2. The summed E-state index contributed by atoms with van der Waals surface area (Å²) in [6.07, 6.45) is -1.12. The molecule has 1 fully saturated rings. The third kappa shape index (κ3) is 5.18. The lowest BCUT2D eigenvalue weighted by Gasteiger charge is -2.39. The predicted molar refractivity (Wildman–Crippen MR) is 116 cm³/mol. The Balaban J connectivity index is 2.77. The van der Waals surface area contributed by atoms with Crippen LogP contribution in [0.2, 0.25) is 0 Å². The molecule has 0 N–H and O–H groups in total. The highest BCUT2D eigenvalue weighted by Crippen LogP contribution is 2.43. The van der Waals surface area contributed by atoms with Gasteiger partial charge in [0.25, 0.3) is 0 Å². The fourth-order valence-corrected chi connectivity index (χ4v) is 3.97. The van der Waals surface area contributed by atoms with E-state index in [4.69, 9.17) is 18.9 Å². The van der Waals surface area contributed by atoms with Crippen LogP contribution in [0, 0.1) is 10.1 Å². The Morgan fingerprint density at radius 2 is 1.85 bits per heavy atom. The second kappa shape index (κ2) is 10.1. The Morgan fingerprint density at radius 1 is 1.21 bits per heavy atom. The van der Waals surface area contributed by atoms with Crippen LogP contribution in [0.5, 0.6) is 11.5 Å². The van der Waals surface area contributed by atoms with Gasteiger partial charge < -0.3 is 18.9 Å². The molecular weight excluding hydrogens is 436 g/mol. The summed E-state index contributed by atoms with van der Waals surface area (Å²) in [5.41, 5.74) is -2.96. The van der Waals surface area contributed by atoms with Gasteiger partial charge in [-0.2, -0.15) is 0 Å². The van der Waals surface area contributed by atoms with Crippen molar-refractivity contribution in [2.45, 2.75) is 51.2 Å². The molecule has 1 amide bonds. The first kappa shape index (κ1) is 25.9. The van der Waals surface area contributed by atoms with Gasteiger partial charge in [0, 0.05) is 17.9 Å². The number of Topliss-reactive ketones (excluding diaryl/α,β-unsaturated/α-hetero) is 1. The molecule has 0 unspecified atom stereocenters. The van der Waals surface area contributed by atoms with Gasteiger partial charge in [0.05, 0.1) is 26.7 Å². The van der Waals surface area contributed by atoms with E-state index in [9.17, 15) is 24.5 Å². The molecule has 0 aliphatic carbocycles. The number of ether oxygens (including phenoxy) is 4. The van der Waals surface area contributed by atoms with Gasteiger partial charge in [0.1, 0.15) is 5.60 Å². The monoisotopic (exact) mass is 466 g/mol. The van der Waals surface area contributed by atoms with Crippen molar-refractivity contribution in [2.75, 3.05) is 33.9 Å². The number of carbonyl (C=O) groups is 3. The van der Waals surface area contributed by atoms with Crippen LogP contribution < -0.4 is 9.47 Å². The summed E-state index contributed by atoms with van der Waals surface area (Å²) in [6.45, 7) is 5.40. The number of amides is 1. The molecule has 0 aromatic heterocycles. The second-order valence-corrected chi connectivity index (χ2v) is 8.47. The second-order valence-electron chi connectivity index (χ2n) is 8.47. The van der Waals surface area contributed by atoms with Crippen molar-refractivity contribution in [1.29, 1.82) is 0 Å². The summed E-state index contributed by atoms with van der Waals surface area (Å²) in [5.74, 6) is -2.47. The van der Waals surface area contributed by atoms with E-state index in [0.717, 1.165) is 4.90 Å². The standard InChI is InChI=1S/C22H30N2O9/c1-7-32-19(26)22(18(25)10-11-23(22)20(27)33-21(2,3)4)15(13-24(28)29)14-8-9-16(30-5)17(12-14)31-6/h8-9,12,15H,7,10-11,13H2,1-6H3/t15-,22+/m1/s1. The summed E-state index contributed by atoms with van der Waals surface area (Å²) >= 11 is 0. The molecule has 1 aliphatic heterocycles. The van der Waals surface area contributed by atoms with Crippen LogP contribution in [-0.4, -0.2) is 72.7 Å². The average Bonchev–Trinajstić information content (AvgIpc) is 3.08. The number of methoxy groups -OCH3 is 2. The van der Waals surface area contributed by atoms with Crippen molar-refractivity contribution in [3.63, 3.8) is 0 Å². The third-order valence-electron chi connectivity index (χ3n) is 5.26. The number of carbonyl (C=O) groups excluding carboxylic acids is 3. The molecule has 2 rings (SSSR count). The van der Waals surface area contributed by atoms with Crippen LogP contribution in [0.4, 0.5) is 4.79 Å². The highest BCUT2D eigenvalue weighted by Gasteiger charge is 2.64. The summed E-state index contributed by atoms with van der Waals surface area (Å²) in [4.78, 5) is 51.8. The number of esters is 1. The third-order valence-corrected chi connectivity index (χ3v) is 5.26. The van der Waals surface area contributed by atoms with Crippen LogP contribution >= 0.6 is 0 Å². The van der Waals surface area contributed by atoms with E-state index in [1.54, 1.807) is 27.7 Å². The van der Waals surface area contributed by atoms with Gasteiger partial charge in [-0.05, 0) is 45.4 Å². The Bertz CT molecular complexity index is 925. The van der Waals surface area contributed by atoms with E-state index in [0.29, 0.717) is 5.75 Å². The molecule has 0 radical (unpaired) electrons. The number of nitro groups is 1. The Kier molecular flexibility index (Phi) is 7.89. The minimum atomic E-state index is -2.27. The summed E-state index contributed by atoms with van der Waals surface area (Å²) in [7, 11) is 2.82. The number of hydrogen-bond donors (Lipinski definition) is 0. The number of hydrogen-bond acceptors (Lipinski definition) is 9. The van der Waals surface area contributed by atoms with E-state index in [1.807, 2.05) is 0 Å². The Labute approximate surface area is 192 Å². The quantitative estimate of drug-likeness (QED) is 0.245. The van der Waals surface area contributed by atoms with Gasteiger partial charge in [-0.15, -0.1) is 0 Å². The highest BCUT2D eigenvalue weighted by molar-refractivity contribution is 6.13. The normalized spacial score (nSPS) is 19.1. The van der Waals surface area contributed by atoms with E-state index in [1.165, 1.54) is 32.4 Å². The van der Waals surface area contributed by atoms with Crippen molar-refractivity contribution >= 4 is 17.8 Å². The van der Waals surface area contributed by atoms with E-state index >= 15 is 0 Å². The number of benzene rings is 1. The Morgan fingerprint density at radius 3 is 2.36 bits per heavy atom. The molecule has 1 saturated heterocycles. The SMILES string of the molecule is CCOC(=O)[C@]1([C@H](C[N+](=O)[O-])c2ccc(OC)c(OC)c2)C(=O)CCN1C(=O)OC(C)(C)C. The minimum Gasteiger partial charge on any atom is -0.493 e. The molecule has 33 heavy (non-hydrogen) atoms. The average molecular weight is 466 g/mol. The van der Waals surface area contributed by atoms with Gasteiger partial charge in [0.2, 0.25) is 12.1 Å². The van der Waals surface area contributed by atoms with E-state index in [-0.39, 0.29) is 30.9 Å². The van der Waals surface area contributed by atoms with Gasteiger partial charge in [-0.3, -0.25) is 19.8 Å². The van der Waals surface area contributed by atoms with Crippen LogP contribution in [0.15, 0.2) is 18.2 Å². The van der Waals surface area contributed by atoms with Crippen LogP contribution in [0.3, 0.4) is 0 Å². The molecule has 11 nitrogen and oxygen atoms in total. The predicted octanol–water partition coefficient (Wildman–Crippen LogP) is 2.58. The van der Waals surface area contributed by atoms with Gasteiger partial charge in [0.15, 0.2) is 17.3 Å². The molecule has 11 heteroatoms. The molecule has 0 bridgehead atoms. The van der Waals surface area contributed by atoms with Crippen LogP contribution in [-0.2, 0) is 19.1 Å². The fourth-order valence-electron chi connectivity index (χ4n) is 3.97. The van der Waals surface area contributed by atoms with Crippen molar-refractivity contribution in [3.8, 4) is 11.5 Å². The number of nitrogens with zero attached hydrogens (tertiary/aromatic N) is 2. The van der Waals surface area contributed by atoms with E-state index < -0.39 is 46.4 Å². The van der Waals surface area contributed by atoms with Gasteiger partial charge >= 0.3 is 12.1 Å². The van der Waals surface area contributed by atoms with E-state index in [2.05, 4.69) is 0 Å². The lowest BCUT2D eigenvalue weighted by Crippen LogP contribution is -2.63. The van der Waals surface area contributed by atoms with Crippen LogP contribution in [0.1, 0.15) is 45.6 Å². The maximum absolute atomic E-state index is 13.4. The number of likely N-dealkylation sites (tertiary alicyclic amines) is 1. The maximum Gasteiger partial charge on any atom is 0.411 e. The lowest BCUT2D eigenvalue weighted by molar-refractivity contribution is -0.485. The molecule has 182 valence electrons. The number of ketones is 1. The maximum atomic E-state index is 13.4. The topological polar surface area (TPSA) is 135 Å². The zero-order valence-corrected chi connectivity index (χ0v) is 19.7. The van der Waals surface area contributed by atoms with Crippen molar-refractivity contribution in [1.82, 2.24) is 4.90 Å². The largest absolute Gasteiger partial charge is 0.493 e.